The maximum absolute atomic E-state index is 9.25. The van der Waals surface area contributed by atoms with E-state index in [1.54, 1.807) is 0 Å². The van der Waals surface area contributed by atoms with Crippen LogP contribution in [0.15, 0.2) is 4.52 Å². The standard InChI is InChI=1S/C13H23N3O2/c1-3-4-5-12-14-13(18-15-12)9-16(2)8-10-6-11(17)7-10/h10-11,17H,3-9H2,1-2H3. The lowest BCUT2D eigenvalue weighted by Crippen LogP contribution is -2.36. The van der Waals surface area contributed by atoms with Crippen molar-refractivity contribution in [1.82, 2.24) is 15.0 Å². The number of aliphatic hydroxyl groups excluding tert-OH is 1. The highest BCUT2D eigenvalue weighted by atomic mass is 16.5. The third-order valence-electron chi connectivity index (χ3n) is 3.45. The number of aliphatic hydroxyl groups is 1. The van der Waals surface area contributed by atoms with Crippen LogP contribution in [0.4, 0.5) is 0 Å². The average molecular weight is 253 g/mol. The zero-order chi connectivity index (χ0) is 13.0. The van der Waals surface area contributed by atoms with Gasteiger partial charge in [0, 0.05) is 13.0 Å². The Kier molecular flexibility index (Phi) is 4.72. The average Bonchev–Trinajstić information content (AvgIpc) is 2.72. The van der Waals surface area contributed by atoms with Gasteiger partial charge in [-0.25, -0.2) is 0 Å². The Balaban J connectivity index is 1.72. The van der Waals surface area contributed by atoms with Crippen LogP contribution in [0.3, 0.4) is 0 Å². The first-order valence-electron chi connectivity index (χ1n) is 6.85. The lowest BCUT2D eigenvalue weighted by Gasteiger charge is -2.34. The Morgan fingerprint density at radius 2 is 2.22 bits per heavy atom. The first-order valence-corrected chi connectivity index (χ1v) is 6.85. The topological polar surface area (TPSA) is 62.4 Å². The van der Waals surface area contributed by atoms with E-state index in [2.05, 4.69) is 29.0 Å². The van der Waals surface area contributed by atoms with Crippen LogP contribution >= 0.6 is 0 Å². The quantitative estimate of drug-likeness (QED) is 0.800. The number of hydrogen-bond donors (Lipinski definition) is 1. The van der Waals surface area contributed by atoms with Gasteiger partial charge in [-0.05, 0) is 32.2 Å². The summed E-state index contributed by atoms with van der Waals surface area (Å²) in [6.07, 6.45) is 4.93. The summed E-state index contributed by atoms with van der Waals surface area (Å²) in [7, 11) is 2.06. The van der Waals surface area contributed by atoms with Gasteiger partial charge in [0.2, 0.25) is 5.89 Å². The first-order chi connectivity index (χ1) is 8.67. The van der Waals surface area contributed by atoms with Gasteiger partial charge in [-0.2, -0.15) is 4.98 Å². The van der Waals surface area contributed by atoms with Crippen molar-refractivity contribution in [3.63, 3.8) is 0 Å². The molecule has 1 aromatic rings. The Bertz CT molecular complexity index is 361. The van der Waals surface area contributed by atoms with E-state index in [-0.39, 0.29) is 6.10 Å². The fourth-order valence-corrected chi connectivity index (χ4v) is 2.38. The molecule has 1 saturated carbocycles. The second-order valence-electron chi connectivity index (χ2n) is 5.40. The predicted molar refractivity (Wildman–Crippen MR) is 68.0 cm³/mol. The maximum atomic E-state index is 9.25. The van der Waals surface area contributed by atoms with E-state index in [1.807, 2.05) is 0 Å². The second kappa shape index (κ2) is 6.29. The lowest BCUT2D eigenvalue weighted by atomic mass is 9.82. The Hall–Kier alpha value is -0.940. The minimum atomic E-state index is -0.0764. The summed E-state index contributed by atoms with van der Waals surface area (Å²) in [6.45, 7) is 3.84. The highest BCUT2D eigenvalue weighted by Crippen LogP contribution is 2.27. The van der Waals surface area contributed by atoms with Gasteiger partial charge in [-0.1, -0.05) is 18.5 Å². The molecule has 1 aliphatic rings. The van der Waals surface area contributed by atoms with E-state index in [4.69, 9.17) is 4.52 Å². The van der Waals surface area contributed by atoms with Crippen molar-refractivity contribution in [1.29, 1.82) is 0 Å². The van der Waals surface area contributed by atoms with Gasteiger partial charge in [-0.3, -0.25) is 4.90 Å². The van der Waals surface area contributed by atoms with Crippen molar-refractivity contribution in [3.05, 3.63) is 11.7 Å². The molecule has 0 amide bonds. The molecule has 102 valence electrons. The van der Waals surface area contributed by atoms with Gasteiger partial charge < -0.3 is 9.63 Å². The third kappa shape index (κ3) is 3.78. The highest BCUT2D eigenvalue weighted by molar-refractivity contribution is 4.87. The van der Waals surface area contributed by atoms with Gasteiger partial charge in [0.05, 0.1) is 12.6 Å². The molecule has 18 heavy (non-hydrogen) atoms. The Labute approximate surface area is 108 Å². The molecule has 1 aromatic heterocycles. The number of nitrogens with zero attached hydrogens (tertiary/aromatic N) is 3. The van der Waals surface area contributed by atoms with Gasteiger partial charge >= 0.3 is 0 Å². The molecule has 1 aliphatic carbocycles. The van der Waals surface area contributed by atoms with Crippen LogP contribution in [0.2, 0.25) is 0 Å². The zero-order valence-electron chi connectivity index (χ0n) is 11.3. The van der Waals surface area contributed by atoms with E-state index in [0.29, 0.717) is 18.4 Å². The SMILES string of the molecule is CCCCc1noc(CN(C)CC2CC(O)C2)n1. The predicted octanol–water partition coefficient (Wildman–Crippen LogP) is 1.61. The van der Waals surface area contributed by atoms with E-state index < -0.39 is 0 Å². The van der Waals surface area contributed by atoms with Crippen LogP contribution in [0.25, 0.3) is 0 Å². The molecule has 1 fully saturated rings. The fraction of sp³-hybridized carbons (Fsp3) is 0.846. The molecule has 0 aliphatic heterocycles. The van der Waals surface area contributed by atoms with Crippen molar-refractivity contribution in [2.45, 2.75) is 51.7 Å². The van der Waals surface area contributed by atoms with Crippen molar-refractivity contribution >= 4 is 0 Å². The fourth-order valence-electron chi connectivity index (χ4n) is 2.38. The van der Waals surface area contributed by atoms with Gasteiger partial charge in [0.25, 0.3) is 0 Å². The van der Waals surface area contributed by atoms with Crippen LogP contribution < -0.4 is 0 Å². The van der Waals surface area contributed by atoms with Crippen LogP contribution in [0.5, 0.6) is 0 Å². The smallest absolute Gasteiger partial charge is 0.240 e. The Morgan fingerprint density at radius 1 is 1.44 bits per heavy atom. The molecule has 5 nitrogen and oxygen atoms in total. The number of aryl methyl sites for hydroxylation is 1. The molecular weight excluding hydrogens is 230 g/mol. The maximum Gasteiger partial charge on any atom is 0.240 e. The molecule has 0 bridgehead atoms. The van der Waals surface area contributed by atoms with E-state index >= 15 is 0 Å². The molecule has 0 unspecified atom stereocenters. The molecule has 0 atom stereocenters. The van der Waals surface area contributed by atoms with Crippen molar-refractivity contribution in [2.24, 2.45) is 5.92 Å². The van der Waals surface area contributed by atoms with Crippen LogP contribution in [-0.4, -0.2) is 39.8 Å². The summed E-state index contributed by atoms with van der Waals surface area (Å²) in [5, 5.41) is 13.2. The van der Waals surface area contributed by atoms with E-state index in [0.717, 1.165) is 44.5 Å². The Morgan fingerprint density at radius 3 is 2.89 bits per heavy atom. The van der Waals surface area contributed by atoms with Crippen LogP contribution in [-0.2, 0) is 13.0 Å². The minimum absolute atomic E-state index is 0.0764. The first kappa shape index (κ1) is 13.5. The molecule has 1 N–H and O–H groups in total. The van der Waals surface area contributed by atoms with Crippen molar-refractivity contribution < 1.29 is 9.63 Å². The summed E-state index contributed by atoms with van der Waals surface area (Å²) in [5.41, 5.74) is 0. The number of aromatic nitrogens is 2. The van der Waals surface area contributed by atoms with Crippen molar-refractivity contribution in [2.75, 3.05) is 13.6 Å². The molecular formula is C13H23N3O2. The molecule has 0 radical (unpaired) electrons. The van der Waals surface area contributed by atoms with Gasteiger partial charge in [-0.15, -0.1) is 0 Å². The number of rotatable bonds is 7. The molecule has 5 heteroatoms. The summed E-state index contributed by atoms with van der Waals surface area (Å²) in [4.78, 5) is 6.57. The zero-order valence-corrected chi connectivity index (χ0v) is 11.3. The summed E-state index contributed by atoms with van der Waals surface area (Å²) >= 11 is 0. The highest BCUT2D eigenvalue weighted by Gasteiger charge is 2.28. The second-order valence-corrected chi connectivity index (χ2v) is 5.40. The number of unbranched alkanes of at least 4 members (excludes halogenated alkanes) is 1. The minimum Gasteiger partial charge on any atom is -0.393 e. The third-order valence-corrected chi connectivity index (χ3v) is 3.45. The van der Waals surface area contributed by atoms with Gasteiger partial charge in [0.15, 0.2) is 5.82 Å². The molecule has 0 spiro atoms. The van der Waals surface area contributed by atoms with Gasteiger partial charge in [0.1, 0.15) is 0 Å². The summed E-state index contributed by atoms with van der Waals surface area (Å²) in [6, 6.07) is 0. The largest absolute Gasteiger partial charge is 0.393 e. The lowest BCUT2D eigenvalue weighted by molar-refractivity contribution is 0.0261. The van der Waals surface area contributed by atoms with E-state index in [9.17, 15) is 5.11 Å². The van der Waals surface area contributed by atoms with Crippen molar-refractivity contribution in [3.8, 4) is 0 Å². The van der Waals surface area contributed by atoms with E-state index in [1.165, 1.54) is 0 Å². The summed E-state index contributed by atoms with van der Waals surface area (Å²) < 4.78 is 5.23. The molecule has 0 saturated heterocycles. The normalized spacial score (nSPS) is 23.3. The summed E-state index contributed by atoms with van der Waals surface area (Å²) in [5.74, 6) is 2.13. The van der Waals surface area contributed by atoms with Crippen LogP contribution in [0, 0.1) is 5.92 Å². The molecule has 1 heterocycles. The molecule has 2 rings (SSSR count). The number of hydrogen-bond acceptors (Lipinski definition) is 5. The molecule has 0 aromatic carbocycles. The van der Waals surface area contributed by atoms with Crippen LogP contribution in [0.1, 0.15) is 44.3 Å². The monoisotopic (exact) mass is 253 g/mol.